The second-order valence-corrected chi connectivity index (χ2v) is 5.02. The Labute approximate surface area is 109 Å². The maximum Gasteiger partial charge on any atom is 0.0325 e. The van der Waals surface area contributed by atoms with Crippen molar-refractivity contribution in [1.82, 2.24) is 5.32 Å². The van der Waals surface area contributed by atoms with Gasteiger partial charge in [0, 0.05) is 12.1 Å². The van der Waals surface area contributed by atoms with E-state index in [4.69, 9.17) is 0 Å². The second-order valence-electron chi connectivity index (χ2n) is 5.02. The molecule has 2 aromatic carbocycles. The number of benzene rings is 2. The molecule has 3 rings (SSSR count). The van der Waals surface area contributed by atoms with Gasteiger partial charge in [-0.15, -0.1) is 0 Å². The van der Waals surface area contributed by atoms with Crippen molar-refractivity contribution in [2.24, 2.45) is 0 Å². The smallest absolute Gasteiger partial charge is 0.0325 e. The normalized spacial score (nSPS) is 23.8. The van der Waals surface area contributed by atoms with Crippen molar-refractivity contribution in [2.45, 2.75) is 31.3 Å². The van der Waals surface area contributed by atoms with E-state index in [-0.39, 0.29) is 0 Å². The molecule has 0 radical (unpaired) electrons. The minimum Gasteiger partial charge on any atom is -0.303 e. The highest BCUT2D eigenvalue weighted by Crippen LogP contribution is 2.32. The van der Waals surface area contributed by atoms with Crippen molar-refractivity contribution in [3.8, 4) is 0 Å². The summed E-state index contributed by atoms with van der Waals surface area (Å²) in [4.78, 5) is 0. The number of hydrogen-bond acceptors (Lipinski definition) is 1. The third-order valence-corrected chi connectivity index (χ3v) is 3.79. The lowest BCUT2D eigenvalue weighted by atomic mass is 9.90. The molecule has 0 saturated carbocycles. The van der Waals surface area contributed by atoms with Crippen LogP contribution in [0.4, 0.5) is 0 Å². The van der Waals surface area contributed by atoms with Crippen LogP contribution in [-0.2, 0) is 0 Å². The van der Waals surface area contributed by atoms with Crippen LogP contribution < -0.4 is 5.32 Å². The predicted molar refractivity (Wildman–Crippen MR) is 75.4 cm³/mol. The van der Waals surface area contributed by atoms with Gasteiger partial charge in [-0.3, -0.25) is 0 Å². The Bertz CT molecular complexity index is 432. The minimum atomic E-state index is 0.505. The monoisotopic (exact) mass is 237 g/mol. The van der Waals surface area contributed by atoms with Crippen molar-refractivity contribution in [1.29, 1.82) is 0 Å². The van der Waals surface area contributed by atoms with Crippen LogP contribution in [0.1, 0.15) is 42.5 Å². The summed E-state index contributed by atoms with van der Waals surface area (Å²) in [5.74, 6) is 0. The zero-order chi connectivity index (χ0) is 12.2. The quantitative estimate of drug-likeness (QED) is 0.823. The van der Waals surface area contributed by atoms with Gasteiger partial charge in [0.05, 0.1) is 0 Å². The largest absolute Gasteiger partial charge is 0.303 e. The van der Waals surface area contributed by atoms with Gasteiger partial charge in [-0.2, -0.15) is 0 Å². The van der Waals surface area contributed by atoms with E-state index in [2.05, 4.69) is 66.0 Å². The fourth-order valence-electron chi connectivity index (χ4n) is 2.83. The molecule has 1 saturated heterocycles. The summed E-state index contributed by atoms with van der Waals surface area (Å²) in [7, 11) is 0. The molecule has 2 aromatic rings. The SMILES string of the molecule is c1ccc([C@@H]2CCC[C@H](c3ccccc3)N2)cc1. The highest BCUT2D eigenvalue weighted by Gasteiger charge is 2.22. The van der Waals surface area contributed by atoms with Crippen molar-refractivity contribution in [3.05, 3.63) is 71.8 Å². The van der Waals surface area contributed by atoms with Crippen molar-refractivity contribution < 1.29 is 0 Å². The molecule has 0 aliphatic carbocycles. The number of hydrogen-bond donors (Lipinski definition) is 1. The van der Waals surface area contributed by atoms with Gasteiger partial charge in [0.15, 0.2) is 0 Å². The van der Waals surface area contributed by atoms with Crippen LogP contribution in [0.2, 0.25) is 0 Å². The lowest BCUT2D eigenvalue weighted by molar-refractivity contribution is 0.330. The first kappa shape index (κ1) is 11.5. The Morgan fingerprint density at radius 1 is 0.667 bits per heavy atom. The summed E-state index contributed by atoms with van der Waals surface area (Å²) in [6, 6.07) is 22.6. The third-order valence-electron chi connectivity index (χ3n) is 3.79. The number of piperidine rings is 1. The Morgan fingerprint density at radius 2 is 1.11 bits per heavy atom. The average molecular weight is 237 g/mol. The molecule has 92 valence electrons. The molecule has 1 aliphatic rings. The standard InChI is InChI=1S/C17H19N/c1-3-8-14(9-4-1)16-12-7-13-17(18-16)15-10-5-2-6-11-15/h1-6,8-11,16-18H,7,12-13H2/t16-,17+. The molecule has 1 N–H and O–H groups in total. The summed E-state index contributed by atoms with van der Waals surface area (Å²) in [6.45, 7) is 0. The zero-order valence-corrected chi connectivity index (χ0v) is 10.5. The van der Waals surface area contributed by atoms with E-state index in [0.29, 0.717) is 12.1 Å². The summed E-state index contributed by atoms with van der Waals surface area (Å²) in [5, 5.41) is 3.79. The first-order valence-electron chi connectivity index (χ1n) is 6.79. The van der Waals surface area contributed by atoms with E-state index in [1.54, 1.807) is 0 Å². The van der Waals surface area contributed by atoms with Gasteiger partial charge in [-0.25, -0.2) is 0 Å². The van der Waals surface area contributed by atoms with E-state index < -0.39 is 0 Å². The van der Waals surface area contributed by atoms with E-state index in [1.165, 1.54) is 30.4 Å². The Hall–Kier alpha value is -1.60. The summed E-state index contributed by atoms with van der Waals surface area (Å²) in [5.41, 5.74) is 2.83. The molecule has 1 heteroatoms. The Kier molecular flexibility index (Phi) is 3.42. The maximum absolute atomic E-state index is 3.79. The van der Waals surface area contributed by atoms with Crippen LogP contribution in [-0.4, -0.2) is 0 Å². The maximum atomic E-state index is 3.79. The topological polar surface area (TPSA) is 12.0 Å². The van der Waals surface area contributed by atoms with Gasteiger partial charge >= 0.3 is 0 Å². The summed E-state index contributed by atoms with van der Waals surface area (Å²) >= 11 is 0. The molecular weight excluding hydrogens is 218 g/mol. The highest BCUT2D eigenvalue weighted by molar-refractivity contribution is 5.23. The Balaban J connectivity index is 1.77. The fourth-order valence-corrected chi connectivity index (χ4v) is 2.83. The van der Waals surface area contributed by atoms with Gasteiger partial charge in [0.1, 0.15) is 0 Å². The molecule has 18 heavy (non-hydrogen) atoms. The van der Waals surface area contributed by atoms with Gasteiger partial charge in [-0.1, -0.05) is 60.7 Å². The van der Waals surface area contributed by atoms with E-state index in [0.717, 1.165) is 0 Å². The zero-order valence-electron chi connectivity index (χ0n) is 10.5. The second kappa shape index (κ2) is 5.36. The number of rotatable bonds is 2. The van der Waals surface area contributed by atoms with Gasteiger partial charge in [-0.05, 0) is 30.4 Å². The van der Waals surface area contributed by atoms with Crippen LogP contribution in [0.25, 0.3) is 0 Å². The van der Waals surface area contributed by atoms with Crippen molar-refractivity contribution >= 4 is 0 Å². The lowest BCUT2D eigenvalue weighted by Crippen LogP contribution is -2.30. The fraction of sp³-hybridized carbons (Fsp3) is 0.294. The van der Waals surface area contributed by atoms with Crippen LogP contribution in [0, 0.1) is 0 Å². The third kappa shape index (κ3) is 2.46. The van der Waals surface area contributed by atoms with E-state index in [9.17, 15) is 0 Å². The molecule has 0 bridgehead atoms. The molecule has 0 aromatic heterocycles. The minimum absolute atomic E-state index is 0.505. The average Bonchev–Trinajstić information content (AvgIpc) is 2.49. The van der Waals surface area contributed by atoms with Crippen LogP contribution in [0.5, 0.6) is 0 Å². The molecule has 1 aliphatic heterocycles. The van der Waals surface area contributed by atoms with Crippen LogP contribution in [0.3, 0.4) is 0 Å². The van der Waals surface area contributed by atoms with Crippen LogP contribution in [0.15, 0.2) is 60.7 Å². The Morgan fingerprint density at radius 3 is 1.56 bits per heavy atom. The lowest BCUT2D eigenvalue weighted by Gasteiger charge is -2.31. The molecule has 0 unspecified atom stereocenters. The molecule has 1 fully saturated rings. The van der Waals surface area contributed by atoms with Gasteiger partial charge < -0.3 is 5.32 Å². The van der Waals surface area contributed by atoms with E-state index >= 15 is 0 Å². The first-order valence-corrected chi connectivity index (χ1v) is 6.79. The van der Waals surface area contributed by atoms with E-state index in [1.807, 2.05) is 0 Å². The van der Waals surface area contributed by atoms with Crippen molar-refractivity contribution in [3.63, 3.8) is 0 Å². The summed E-state index contributed by atoms with van der Waals surface area (Å²) in [6.07, 6.45) is 3.78. The highest BCUT2D eigenvalue weighted by atomic mass is 15.0. The van der Waals surface area contributed by atoms with Crippen molar-refractivity contribution in [2.75, 3.05) is 0 Å². The van der Waals surface area contributed by atoms with Crippen LogP contribution >= 0.6 is 0 Å². The van der Waals surface area contributed by atoms with Gasteiger partial charge in [0.2, 0.25) is 0 Å². The molecule has 0 spiro atoms. The number of nitrogens with one attached hydrogen (secondary N) is 1. The molecule has 1 nitrogen and oxygen atoms in total. The summed E-state index contributed by atoms with van der Waals surface area (Å²) < 4.78 is 0. The molecule has 1 heterocycles. The molecular formula is C17H19N. The predicted octanol–water partition coefficient (Wildman–Crippen LogP) is 4.24. The molecule has 2 atom stereocenters. The molecule has 0 amide bonds. The van der Waals surface area contributed by atoms with Gasteiger partial charge in [0.25, 0.3) is 0 Å². The first-order chi connectivity index (χ1) is 8.93.